The molecule has 0 spiro atoms. The van der Waals surface area contributed by atoms with Gasteiger partial charge in [0.2, 0.25) is 5.91 Å². The number of hydrogen-bond donors (Lipinski definition) is 0. The molecule has 150 valence electrons. The van der Waals surface area contributed by atoms with Gasteiger partial charge in [-0.15, -0.1) is 0 Å². The largest absolute Gasteiger partial charge is 0.492 e. The normalized spacial score (nSPS) is 19.8. The molecule has 1 unspecified atom stereocenters. The fourth-order valence-electron chi connectivity index (χ4n) is 4.22. The molecule has 0 bridgehead atoms. The molecule has 7 heteroatoms. The molecule has 2 aliphatic heterocycles. The molecule has 0 aliphatic carbocycles. The van der Waals surface area contributed by atoms with Gasteiger partial charge < -0.3 is 14.1 Å². The van der Waals surface area contributed by atoms with Crippen LogP contribution >= 0.6 is 23.2 Å². The highest BCUT2D eigenvalue weighted by Gasteiger charge is 2.33. The maximum atomic E-state index is 13.0. The highest BCUT2D eigenvalue weighted by molar-refractivity contribution is 6.31. The molecule has 1 aromatic heterocycles. The van der Waals surface area contributed by atoms with E-state index in [4.69, 9.17) is 32.4 Å². The number of benzene rings is 2. The van der Waals surface area contributed by atoms with Crippen molar-refractivity contribution in [3.8, 4) is 5.75 Å². The van der Waals surface area contributed by atoms with Gasteiger partial charge in [0.05, 0.1) is 5.92 Å². The van der Waals surface area contributed by atoms with Crippen molar-refractivity contribution in [2.75, 3.05) is 19.7 Å². The summed E-state index contributed by atoms with van der Waals surface area (Å²) in [7, 11) is 0. The first kappa shape index (κ1) is 18.8. The van der Waals surface area contributed by atoms with Crippen LogP contribution in [0.5, 0.6) is 5.75 Å². The lowest BCUT2D eigenvalue weighted by atomic mass is 9.92. The van der Waals surface area contributed by atoms with Gasteiger partial charge in [0.25, 0.3) is 0 Å². The Kier molecular flexibility index (Phi) is 4.88. The van der Waals surface area contributed by atoms with E-state index >= 15 is 0 Å². The third-order valence-corrected chi connectivity index (χ3v) is 6.27. The van der Waals surface area contributed by atoms with Crippen molar-refractivity contribution in [2.24, 2.45) is 5.92 Å². The number of carbonyl (C=O) groups is 1. The predicted molar refractivity (Wildman–Crippen MR) is 112 cm³/mol. The average molecular weight is 431 g/mol. The van der Waals surface area contributed by atoms with E-state index in [1.54, 1.807) is 6.07 Å². The van der Waals surface area contributed by atoms with Crippen LogP contribution in [0.2, 0.25) is 10.0 Å². The van der Waals surface area contributed by atoms with Crippen LogP contribution in [0.25, 0.3) is 11.1 Å². The van der Waals surface area contributed by atoms with Crippen LogP contribution in [-0.4, -0.2) is 35.5 Å². The van der Waals surface area contributed by atoms with Gasteiger partial charge in [-0.05, 0) is 61.2 Å². The van der Waals surface area contributed by atoms with Gasteiger partial charge >= 0.3 is 0 Å². The molecule has 3 heterocycles. The van der Waals surface area contributed by atoms with Gasteiger partial charge in [-0.2, -0.15) is 0 Å². The molecule has 2 aliphatic rings. The van der Waals surface area contributed by atoms with E-state index in [9.17, 15) is 4.79 Å². The number of aromatic nitrogens is 1. The average Bonchev–Trinajstić information content (AvgIpc) is 3.16. The lowest BCUT2D eigenvalue weighted by molar-refractivity contribution is -0.138. The van der Waals surface area contributed by atoms with E-state index in [0.29, 0.717) is 36.2 Å². The van der Waals surface area contributed by atoms with Crippen LogP contribution in [0.1, 0.15) is 30.2 Å². The Bertz CT molecular complexity index is 1070. The van der Waals surface area contributed by atoms with Crippen molar-refractivity contribution >= 4 is 40.2 Å². The number of rotatable bonds is 2. The molecule has 1 fully saturated rings. The van der Waals surface area contributed by atoms with Crippen molar-refractivity contribution in [3.05, 3.63) is 57.9 Å². The number of likely N-dealkylation sites (tertiary alicyclic amines) is 1. The zero-order valence-corrected chi connectivity index (χ0v) is 17.2. The Morgan fingerprint density at radius 3 is 2.66 bits per heavy atom. The zero-order chi connectivity index (χ0) is 20.0. The predicted octanol–water partition coefficient (Wildman–Crippen LogP) is 5.09. The molecule has 29 heavy (non-hydrogen) atoms. The number of fused-ring (bicyclic) bond motifs is 2. The smallest absolute Gasteiger partial charge is 0.229 e. The Morgan fingerprint density at radius 1 is 1.07 bits per heavy atom. The summed E-state index contributed by atoms with van der Waals surface area (Å²) < 4.78 is 11.7. The lowest BCUT2D eigenvalue weighted by Crippen LogP contribution is -2.44. The summed E-state index contributed by atoms with van der Waals surface area (Å²) in [5, 5.41) is 1.32. The van der Waals surface area contributed by atoms with Gasteiger partial charge in [0.15, 0.2) is 11.5 Å². The summed E-state index contributed by atoms with van der Waals surface area (Å²) in [4.78, 5) is 19.6. The molecule has 5 rings (SSSR count). The Morgan fingerprint density at radius 2 is 1.83 bits per heavy atom. The van der Waals surface area contributed by atoms with Gasteiger partial charge in [0, 0.05) is 29.1 Å². The molecule has 0 radical (unpaired) electrons. The second-order valence-corrected chi connectivity index (χ2v) is 8.60. The van der Waals surface area contributed by atoms with E-state index in [-0.39, 0.29) is 17.7 Å². The van der Waals surface area contributed by atoms with Crippen LogP contribution in [0.4, 0.5) is 0 Å². The Labute approximate surface area is 178 Å². The van der Waals surface area contributed by atoms with E-state index in [1.165, 1.54) is 0 Å². The molecular formula is C22H20Cl2N2O3. The van der Waals surface area contributed by atoms with E-state index < -0.39 is 0 Å². The van der Waals surface area contributed by atoms with Gasteiger partial charge in [-0.25, -0.2) is 4.98 Å². The molecule has 3 aromatic rings. The number of piperidine rings is 1. The van der Waals surface area contributed by atoms with Gasteiger partial charge in [-0.1, -0.05) is 23.2 Å². The maximum Gasteiger partial charge on any atom is 0.229 e. The molecule has 0 saturated carbocycles. The molecule has 2 aromatic carbocycles. The number of hydrogen-bond acceptors (Lipinski definition) is 4. The summed E-state index contributed by atoms with van der Waals surface area (Å²) in [5.74, 6) is 1.77. The molecule has 5 nitrogen and oxygen atoms in total. The highest BCUT2D eigenvalue weighted by Crippen LogP contribution is 2.33. The van der Waals surface area contributed by atoms with E-state index in [2.05, 4.69) is 4.98 Å². The van der Waals surface area contributed by atoms with Crippen LogP contribution < -0.4 is 4.74 Å². The summed E-state index contributed by atoms with van der Waals surface area (Å²) in [5.41, 5.74) is 2.53. The van der Waals surface area contributed by atoms with Crippen LogP contribution in [-0.2, 0) is 11.2 Å². The monoisotopic (exact) mass is 430 g/mol. The maximum absolute atomic E-state index is 13.0. The van der Waals surface area contributed by atoms with Crippen molar-refractivity contribution < 1.29 is 13.9 Å². The molecule has 1 atom stereocenters. The van der Waals surface area contributed by atoms with Crippen molar-refractivity contribution in [3.63, 3.8) is 0 Å². The first-order chi connectivity index (χ1) is 14.1. The molecule has 1 saturated heterocycles. The van der Waals surface area contributed by atoms with Crippen LogP contribution in [0.15, 0.2) is 40.8 Å². The Balaban J connectivity index is 1.24. The van der Waals surface area contributed by atoms with Crippen LogP contribution in [0.3, 0.4) is 0 Å². The van der Waals surface area contributed by atoms with Crippen molar-refractivity contribution in [1.82, 2.24) is 9.88 Å². The Hall–Kier alpha value is -2.24. The quantitative estimate of drug-likeness (QED) is 0.567. The summed E-state index contributed by atoms with van der Waals surface area (Å²) in [6.45, 7) is 1.81. The summed E-state index contributed by atoms with van der Waals surface area (Å²) >= 11 is 12.1. The van der Waals surface area contributed by atoms with E-state index in [1.807, 2.05) is 35.2 Å². The summed E-state index contributed by atoms with van der Waals surface area (Å²) in [6, 6.07) is 11.0. The first-order valence-corrected chi connectivity index (χ1v) is 10.6. The minimum atomic E-state index is -0.163. The second-order valence-electron chi connectivity index (χ2n) is 7.73. The number of ether oxygens (including phenoxy) is 1. The topological polar surface area (TPSA) is 55.6 Å². The number of nitrogens with zero attached hydrogens (tertiary/aromatic N) is 2. The third kappa shape index (κ3) is 3.69. The molecule has 1 amide bonds. The van der Waals surface area contributed by atoms with E-state index in [0.717, 1.165) is 41.1 Å². The highest BCUT2D eigenvalue weighted by atomic mass is 35.5. The standard InChI is InChI=1S/C22H20Cl2N2O3/c23-16-1-3-19-14(10-16)9-15(12-28-19)22(27)26-7-5-13(6-8-26)21-25-18-11-17(24)2-4-20(18)29-21/h1-4,10-11,13,15H,5-9,12H2. The number of halogens is 2. The second kappa shape index (κ2) is 7.54. The summed E-state index contributed by atoms with van der Waals surface area (Å²) in [6.07, 6.45) is 2.34. The number of oxazole rings is 1. The number of carbonyl (C=O) groups excluding carboxylic acids is 1. The van der Waals surface area contributed by atoms with Crippen molar-refractivity contribution in [1.29, 1.82) is 0 Å². The zero-order valence-electron chi connectivity index (χ0n) is 15.7. The minimum absolute atomic E-state index is 0.151. The number of amides is 1. The SMILES string of the molecule is O=C(C1COc2ccc(Cl)cc2C1)N1CCC(c2nc3cc(Cl)ccc3o2)CC1. The van der Waals surface area contributed by atoms with Crippen LogP contribution in [0, 0.1) is 5.92 Å². The molecule has 0 N–H and O–H groups in total. The van der Waals surface area contributed by atoms with Gasteiger partial charge in [0.1, 0.15) is 17.9 Å². The lowest BCUT2D eigenvalue weighted by Gasteiger charge is -2.34. The van der Waals surface area contributed by atoms with Crippen molar-refractivity contribution in [2.45, 2.75) is 25.2 Å². The first-order valence-electron chi connectivity index (χ1n) is 9.83. The fraction of sp³-hybridized carbons (Fsp3) is 0.364. The molecular weight excluding hydrogens is 411 g/mol. The third-order valence-electron chi connectivity index (χ3n) is 5.80. The van der Waals surface area contributed by atoms with Gasteiger partial charge in [-0.3, -0.25) is 4.79 Å². The minimum Gasteiger partial charge on any atom is -0.492 e. The fourth-order valence-corrected chi connectivity index (χ4v) is 4.58.